The van der Waals surface area contributed by atoms with Crippen molar-refractivity contribution in [3.63, 3.8) is 0 Å². The number of thiophene rings is 1. The number of rotatable bonds is 5. The molecule has 0 amide bonds. The third kappa shape index (κ3) is 3.51. The van der Waals surface area contributed by atoms with Gasteiger partial charge in [0.1, 0.15) is 0 Å². The van der Waals surface area contributed by atoms with E-state index in [2.05, 4.69) is 51.8 Å². The van der Waals surface area contributed by atoms with E-state index < -0.39 is 0 Å². The van der Waals surface area contributed by atoms with Crippen LogP contribution in [-0.2, 0) is 13.0 Å². The van der Waals surface area contributed by atoms with Crippen LogP contribution in [0.4, 0.5) is 0 Å². The van der Waals surface area contributed by atoms with Crippen molar-refractivity contribution >= 4 is 11.3 Å². The predicted molar refractivity (Wildman–Crippen MR) is 88.6 cm³/mol. The molecule has 0 N–H and O–H groups in total. The molecule has 112 valence electrons. The molecule has 0 spiro atoms. The van der Waals surface area contributed by atoms with Gasteiger partial charge in [-0.25, -0.2) is 0 Å². The average Bonchev–Trinajstić information content (AvgIpc) is 3.11. The van der Waals surface area contributed by atoms with Gasteiger partial charge >= 0.3 is 0 Å². The number of hydrogen-bond acceptors (Lipinski definition) is 4. The molecule has 2 atom stereocenters. The van der Waals surface area contributed by atoms with Gasteiger partial charge in [0.05, 0.1) is 0 Å². The van der Waals surface area contributed by atoms with Gasteiger partial charge < -0.3 is 4.90 Å². The summed E-state index contributed by atoms with van der Waals surface area (Å²) in [5, 5.41) is 4.44. The van der Waals surface area contributed by atoms with Gasteiger partial charge in [0.2, 0.25) is 0 Å². The second-order valence-corrected chi connectivity index (χ2v) is 6.83. The summed E-state index contributed by atoms with van der Waals surface area (Å²) in [7, 11) is 4.41. The van der Waals surface area contributed by atoms with Gasteiger partial charge in [0, 0.05) is 37.6 Å². The molecule has 0 bridgehead atoms. The van der Waals surface area contributed by atoms with Crippen LogP contribution in [0.2, 0.25) is 0 Å². The number of pyridine rings is 1. The molecule has 4 heteroatoms. The van der Waals surface area contributed by atoms with E-state index in [1.807, 2.05) is 18.5 Å². The summed E-state index contributed by atoms with van der Waals surface area (Å²) in [5.74, 6) is 0. The van der Waals surface area contributed by atoms with E-state index in [-0.39, 0.29) is 0 Å². The van der Waals surface area contributed by atoms with Crippen LogP contribution >= 0.6 is 11.3 Å². The zero-order valence-electron chi connectivity index (χ0n) is 12.8. The van der Waals surface area contributed by atoms with E-state index in [0.29, 0.717) is 12.1 Å². The Hall–Kier alpha value is -1.23. The van der Waals surface area contributed by atoms with Gasteiger partial charge in [0.15, 0.2) is 0 Å². The van der Waals surface area contributed by atoms with Crippen molar-refractivity contribution < 1.29 is 0 Å². The monoisotopic (exact) mass is 301 g/mol. The van der Waals surface area contributed by atoms with E-state index in [1.165, 1.54) is 24.1 Å². The molecule has 3 rings (SSSR count). The van der Waals surface area contributed by atoms with Crippen molar-refractivity contribution in [3.05, 3.63) is 52.5 Å². The highest BCUT2D eigenvalue weighted by Crippen LogP contribution is 2.26. The molecule has 3 heterocycles. The normalized spacial score (nSPS) is 23.0. The highest BCUT2D eigenvalue weighted by atomic mass is 32.1. The highest BCUT2D eigenvalue weighted by molar-refractivity contribution is 7.07. The molecule has 1 aliphatic rings. The zero-order valence-corrected chi connectivity index (χ0v) is 13.6. The Morgan fingerprint density at radius 3 is 2.90 bits per heavy atom. The van der Waals surface area contributed by atoms with Gasteiger partial charge in [-0.05, 0) is 61.0 Å². The van der Waals surface area contributed by atoms with Crippen LogP contribution in [0.15, 0.2) is 41.4 Å². The number of nitrogens with zero attached hydrogens (tertiary/aromatic N) is 3. The van der Waals surface area contributed by atoms with Crippen molar-refractivity contribution in [1.82, 2.24) is 14.8 Å². The third-order valence-corrected chi connectivity index (χ3v) is 5.15. The van der Waals surface area contributed by atoms with Crippen molar-refractivity contribution in [2.24, 2.45) is 0 Å². The molecule has 1 aliphatic heterocycles. The van der Waals surface area contributed by atoms with Crippen molar-refractivity contribution in [3.8, 4) is 0 Å². The minimum absolute atomic E-state index is 0.573. The van der Waals surface area contributed by atoms with E-state index in [1.54, 1.807) is 11.3 Å². The lowest BCUT2D eigenvalue weighted by Crippen LogP contribution is -2.43. The van der Waals surface area contributed by atoms with Gasteiger partial charge in [-0.2, -0.15) is 11.3 Å². The topological polar surface area (TPSA) is 19.4 Å². The van der Waals surface area contributed by atoms with Gasteiger partial charge in [-0.1, -0.05) is 6.07 Å². The summed E-state index contributed by atoms with van der Waals surface area (Å²) in [5.41, 5.74) is 2.78. The molecule has 0 aromatic carbocycles. The number of aromatic nitrogens is 1. The minimum atomic E-state index is 0.573. The van der Waals surface area contributed by atoms with Crippen LogP contribution in [0, 0.1) is 0 Å². The van der Waals surface area contributed by atoms with Crippen LogP contribution in [0.25, 0.3) is 0 Å². The smallest absolute Gasteiger partial charge is 0.0300 e. The largest absolute Gasteiger partial charge is 0.305 e. The standard InChI is InChI=1S/C17H23N3S/c1-19(2)16-5-8-20(12-15-6-9-21-13-15)17(16)10-14-4-3-7-18-11-14/h3-4,6-7,9,11,13,16-17H,5,8,10,12H2,1-2H3/t16-,17+/m1/s1. The van der Waals surface area contributed by atoms with Crippen LogP contribution in [0.1, 0.15) is 17.5 Å². The Morgan fingerprint density at radius 1 is 1.33 bits per heavy atom. The van der Waals surface area contributed by atoms with Crippen LogP contribution in [-0.4, -0.2) is 47.5 Å². The second kappa shape index (κ2) is 6.69. The van der Waals surface area contributed by atoms with Crippen molar-refractivity contribution in [2.75, 3.05) is 20.6 Å². The SMILES string of the molecule is CN(C)[C@@H]1CCN(Cc2ccsc2)[C@H]1Cc1cccnc1. The van der Waals surface area contributed by atoms with E-state index >= 15 is 0 Å². The summed E-state index contributed by atoms with van der Waals surface area (Å²) >= 11 is 1.79. The summed E-state index contributed by atoms with van der Waals surface area (Å²) < 4.78 is 0. The van der Waals surface area contributed by atoms with Crippen LogP contribution in [0.5, 0.6) is 0 Å². The van der Waals surface area contributed by atoms with Crippen molar-refractivity contribution in [2.45, 2.75) is 31.5 Å². The molecule has 1 saturated heterocycles. The van der Waals surface area contributed by atoms with Crippen molar-refractivity contribution in [1.29, 1.82) is 0 Å². The number of likely N-dealkylation sites (N-methyl/N-ethyl adjacent to an activating group) is 1. The predicted octanol–water partition coefficient (Wildman–Crippen LogP) is 2.89. The lowest BCUT2D eigenvalue weighted by molar-refractivity contribution is 0.178. The molecule has 3 nitrogen and oxygen atoms in total. The summed E-state index contributed by atoms with van der Waals surface area (Å²) in [6, 6.07) is 7.68. The van der Waals surface area contributed by atoms with E-state index in [4.69, 9.17) is 0 Å². The number of hydrogen-bond donors (Lipinski definition) is 0. The van der Waals surface area contributed by atoms with Gasteiger partial charge in [-0.3, -0.25) is 9.88 Å². The average molecular weight is 301 g/mol. The molecule has 0 saturated carbocycles. The fourth-order valence-electron chi connectivity index (χ4n) is 3.34. The summed E-state index contributed by atoms with van der Waals surface area (Å²) in [4.78, 5) is 9.29. The Morgan fingerprint density at radius 2 is 2.24 bits per heavy atom. The molecule has 0 aliphatic carbocycles. The maximum atomic E-state index is 4.27. The quantitative estimate of drug-likeness (QED) is 0.846. The van der Waals surface area contributed by atoms with E-state index in [0.717, 1.165) is 13.0 Å². The lowest BCUT2D eigenvalue weighted by atomic mass is 10.0. The first-order valence-corrected chi connectivity index (χ1v) is 8.49. The second-order valence-electron chi connectivity index (χ2n) is 6.05. The maximum Gasteiger partial charge on any atom is 0.0300 e. The Kier molecular flexibility index (Phi) is 4.68. The van der Waals surface area contributed by atoms with Crippen LogP contribution < -0.4 is 0 Å². The summed E-state index contributed by atoms with van der Waals surface area (Å²) in [6.07, 6.45) is 6.20. The molecule has 0 radical (unpaired) electrons. The molecule has 0 unspecified atom stereocenters. The fourth-order valence-corrected chi connectivity index (χ4v) is 4.00. The molecular formula is C17H23N3S. The highest BCUT2D eigenvalue weighted by Gasteiger charge is 2.35. The summed E-state index contributed by atoms with van der Waals surface area (Å²) in [6.45, 7) is 2.25. The van der Waals surface area contributed by atoms with Gasteiger partial charge in [0.25, 0.3) is 0 Å². The third-order valence-electron chi connectivity index (χ3n) is 4.42. The first-order chi connectivity index (χ1) is 10.2. The van der Waals surface area contributed by atoms with Gasteiger partial charge in [-0.15, -0.1) is 0 Å². The molecule has 2 aromatic heterocycles. The molecular weight excluding hydrogens is 278 g/mol. The molecule has 21 heavy (non-hydrogen) atoms. The lowest BCUT2D eigenvalue weighted by Gasteiger charge is -2.31. The zero-order chi connectivity index (χ0) is 14.7. The Labute approximate surface area is 131 Å². The number of likely N-dealkylation sites (tertiary alicyclic amines) is 1. The first-order valence-electron chi connectivity index (χ1n) is 7.54. The first kappa shape index (κ1) is 14.7. The maximum absolute atomic E-state index is 4.27. The minimum Gasteiger partial charge on any atom is -0.305 e. The van der Waals surface area contributed by atoms with Crippen LogP contribution in [0.3, 0.4) is 0 Å². The fraction of sp³-hybridized carbons (Fsp3) is 0.471. The Balaban J connectivity index is 1.75. The Bertz CT molecular complexity index is 538. The molecule has 2 aromatic rings. The van der Waals surface area contributed by atoms with E-state index in [9.17, 15) is 0 Å². The molecule has 1 fully saturated rings.